The summed E-state index contributed by atoms with van der Waals surface area (Å²) in [5.74, 6) is 0. The second-order valence-corrected chi connectivity index (χ2v) is 8.65. The molecule has 0 aromatic heterocycles. The molecule has 1 fully saturated rings. The first kappa shape index (κ1) is 24.1. The van der Waals surface area contributed by atoms with E-state index in [9.17, 15) is 5.11 Å². The van der Waals surface area contributed by atoms with E-state index in [0.717, 1.165) is 16.7 Å². The molecule has 0 unspecified atom stereocenters. The molecule has 0 spiro atoms. The third kappa shape index (κ3) is 6.73. The van der Waals surface area contributed by atoms with Gasteiger partial charge >= 0.3 is 0 Å². The largest absolute Gasteiger partial charge is 0.368 e. The van der Waals surface area contributed by atoms with Crippen LogP contribution in [-0.4, -0.2) is 41.1 Å². The van der Waals surface area contributed by atoms with Gasteiger partial charge < -0.3 is 24.1 Å². The van der Waals surface area contributed by atoms with E-state index in [0.29, 0.717) is 25.2 Å². The molecule has 3 aromatic carbocycles. The lowest BCUT2D eigenvalue weighted by atomic mass is 9.98. The molecule has 0 amide bonds. The fourth-order valence-electron chi connectivity index (χ4n) is 3.89. The summed E-state index contributed by atoms with van der Waals surface area (Å²) in [5.41, 5.74) is 3.11. The summed E-state index contributed by atoms with van der Waals surface area (Å²) in [6, 6.07) is 29.8. The van der Waals surface area contributed by atoms with E-state index >= 15 is 0 Å². The molecule has 1 aliphatic heterocycles. The SMILES string of the molecule is O[C@H]1O[C@H](CBr)[C@@H](OCc2ccccc2)[C@H](OCc2ccccc2)[C@H]1OCc1ccccc1. The second kappa shape index (κ2) is 12.4. The number of aliphatic hydroxyl groups is 1. The smallest absolute Gasteiger partial charge is 0.184 e. The van der Waals surface area contributed by atoms with Crippen LogP contribution >= 0.6 is 15.9 Å². The van der Waals surface area contributed by atoms with Crippen LogP contribution in [0.3, 0.4) is 0 Å². The van der Waals surface area contributed by atoms with Crippen LogP contribution in [0.1, 0.15) is 16.7 Å². The topological polar surface area (TPSA) is 57.2 Å². The van der Waals surface area contributed by atoms with Crippen molar-refractivity contribution in [2.45, 2.75) is 50.5 Å². The van der Waals surface area contributed by atoms with E-state index in [4.69, 9.17) is 18.9 Å². The van der Waals surface area contributed by atoms with E-state index in [1.165, 1.54) is 0 Å². The minimum absolute atomic E-state index is 0.335. The number of ether oxygens (including phenoxy) is 4. The van der Waals surface area contributed by atoms with Crippen molar-refractivity contribution in [1.82, 2.24) is 0 Å². The third-order valence-electron chi connectivity index (χ3n) is 5.62. The van der Waals surface area contributed by atoms with Gasteiger partial charge in [0.25, 0.3) is 0 Å². The number of benzene rings is 3. The van der Waals surface area contributed by atoms with Gasteiger partial charge in [-0.2, -0.15) is 0 Å². The van der Waals surface area contributed by atoms with Crippen LogP contribution in [0.15, 0.2) is 91.0 Å². The van der Waals surface area contributed by atoms with Gasteiger partial charge in [0.2, 0.25) is 0 Å². The van der Waals surface area contributed by atoms with Gasteiger partial charge in [0.15, 0.2) is 6.29 Å². The van der Waals surface area contributed by atoms with Gasteiger partial charge in [0, 0.05) is 5.33 Å². The van der Waals surface area contributed by atoms with Gasteiger partial charge in [-0.15, -0.1) is 0 Å². The Kier molecular flexibility index (Phi) is 9.06. The van der Waals surface area contributed by atoms with Crippen molar-refractivity contribution in [3.63, 3.8) is 0 Å². The van der Waals surface area contributed by atoms with Crippen LogP contribution < -0.4 is 0 Å². The Morgan fingerprint density at radius 1 is 0.606 bits per heavy atom. The van der Waals surface area contributed by atoms with Crippen molar-refractivity contribution in [2.75, 3.05) is 5.33 Å². The number of hydrogen-bond acceptors (Lipinski definition) is 5. The molecule has 0 bridgehead atoms. The Bertz CT molecular complexity index is 941. The summed E-state index contributed by atoms with van der Waals surface area (Å²) in [6.07, 6.45) is -3.18. The third-order valence-corrected chi connectivity index (χ3v) is 6.26. The predicted octanol–water partition coefficient (Wildman–Crippen LogP) is 4.85. The molecular formula is C27H29BrO5. The zero-order chi connectivity index (χ0) is 22.9. The van der Waals surface area contributed by atoms with E-state index < -0.39 is 24.6 Å². The highest BCUT2D eigenvalue weighted by atomic mass is 79.9. The summed E-state index contributed by atoms with van der Waals surface area (Å²) in [7, 11) is 0. The maximum absolute atomic E-state index is 10.8. The van der Waals surface area contributed by atoms with Gasteiger partial charge in [-0.05, 0) is 16.7 Å². The lowest BCUT2D eigenvalue weighted by molar-refractivity contribution is -0.307. The summed E-state index contributed by atoms with van der Waals surface area (Å²) < 4.78 is 24.8. The highest BCUT2D eigenvalue weighted by Crippen LogP contribution is 2.30. The predicted molar refractivity (Wildman–Crippen MR) is 130 cm³/mol. The molecule has 1 saturated heterocycles. The number of halogens is 1. The van der Waals surface area contributed by atoms with Crippen LogP contribution in [0.5, 0.6) is 0 Å². The Balaban J connectivity index is 1.53. The van der Waals surface area contributed by atoms with Gasteiger partial charge in [0.1, 0.15) is 18.3 Å². The molecule has 174 valence electrons. The minimum Gasteiger partial charge on any atom is -0.368 e. The standard InChI is InChI=1S/C27H29BrO5/c28-16-23-24(30-17-20-10-4-1-5-11-20)25(31-18-21-12-6-2-7-13-21)26(27(29)33-23)32-19-22-14-8-3-9-15-22/h1-15,23-27,29H,16-19H2/t23-,24-,25+,26-,27+/m1/s1. The Labute approximate surface area is 203 Å². The zero-order valence-electron chi connectivity index (χ0n) is 18.3. The van der Waals surface area contributed by atoms with Crippen molar-refractivity contribution in [3.8, 4) is 0 Å². The molecule has 0 saturated carbocycles. The van der Waals surface area contributed by atoms with Crippen molar-refractivity contribution >= 4 is 15.9 Å². The number of rotatable bonds is 10. The molecule has 4 rings (SSSR count). The Morgan fingerprint density at radius 2 is 1.00 bits per heavy atom. The summed E-state index contributed by atoms with van der Waals surface area (Å²) in [6.45, 7) is 1.12. The molecule has 5 atom stereocenters. The Morgan fingerprint density at radius 3 is 1.42 bits per heavy atom. The lowest BCUT2D eigenvalue weighted by Gasteiger charge is -2.44. The van der Waals surface area contributed by atoms with E-state index in [2.05, 4.69) is 15.9 Å². The second-order valence-electron chi connectivity index (χ2n) is 8.00. The quantitative estimate of drug-likeness (QED) is 0.393. The van der Waals surface area contributed by atoms with E-state index in [1.54, 1.807) is 0 Å². The molecule has 3 aromatic rings. The first-order valence-corrected chi connectivity index (χ1v) is 12.2. The minimum atomic E-state index is -1.13. The van der Waals surface area contributed by atoms with Crippen LogP contribution in [0.4, 0.5) is 0 Å². The molecule has 1 N–H and O–H groups in total. The van der Waals surface area contributed by atoms with E-state index in [1.807, 2.05) is 91.0 Å². The first-order chi connectivity index (χ1) is 16.2. The summed E-state index contributed by atoms with van der Waals surface area (Å²) in [5, 5.41) is 11.3. The molecule has 0 aliphatic carbocycles. The maximum Gasteiger partial charge on any atom is 0.184 e. The molecule has 33 heavy (non-hydrogen) atoms. The number of aliphatic hydroxyl groups excluding tert-OH is 1. The van der Waals surface area contributed by atoms with Crippen molar-refractivity contribution < 1.29 is 24.1 Å². The molecule has 0 radical (unpaired) electrons. The van der Waals surface area contributed by atoms with Crippen LogP contribution in [0, 0.1) is 0 Å². The maximum atomic E-state index is 10.8. The highest BCUT2D eigenvalue weighted by Gasteiger charge is 2.47. The molecule has 5 nitrogen and oxygen atoms in total. The number of alkyl halides is 1. The fourth-order valence-corrected chi connectivity index (χ4v) is 4.41. The lowest BCUT2D eigenvalue weighted by Crippen LogP contribution is -2.60. The van der Waals surface area contributed by atoms with E-state index in [-0.39, 0.29) is 6.10 Å². The summed E-state index contributed by atoms with van der Waals surface area (Å²) in [4.78, 5) is 0. The average Bonchev–Trinajstić information content (AvgIpc) is 2.87. The number of hydrogen-bond donors (Lipinski definition) is 1. The normalized spacial score (nSPS) is 25.1. The zero-order valence-corrected chi connectivity index (χ0v) is 19.9. The van der Waals surface area contributed by atoms with Crippen molar-refractivity contribution in [3.05, 3.63) is 108 Å². The molecular weight excluding hydrogens is 484 g/mol. The van der Waals surface area contributed by atoms with Crippen LogP contribution in [-0.2, 0) is 38.8 Å². The average molecular weight is 513 g/mol. The Hall–Kier alpha value is -2.06. The molecule has 1 heterocycles. The van der Waals surface area contributed by atoms with Crippen molar-refractivity contribution in [2.24, 2.45) is 0 Å². The van der Waals surface area contributed by atoms with Crippen molar-refractivity contribution in [1.29, 1.82) is 0 Å². The summed E-state index contributed by atoms with van der Waals surface area (Å²) >= 11 is 3.51. The highest BCUT2D eigenvalue weighted by molar-refractivity contribution is 9.09. The van der Waals surface area contributed by atoms with Gasteiger partial charge in [0.05, 0.1) is 25.9 Å². The van der Waals surface area contributed by atoms with Gasteiger partial charge in [-0.3, -0.25) is 0 Å². The van der Waals surface area contributed by atoms with Gasteiger partial charge in [-0.25, -0.2) is 0 Å². The molecule has 1 aliphatic rings. The van der Waals surface area contributed by atoms with Crippen LogP contribution in [0.2, 0.25) is 0 Å². The first-order valence-electron chi connectivity index (χ1n) is 11.1. The van der Waals surface area contributed by atoms with Gasteiger partial charge in [-0.1, -0.05) is 107 Å². The fraction of sp³-hybridized carbons (Fsp3) is 0.333. The monoisotopic (exact) mass is 512 g/mol. The molecule has 6 heteroatoms. The van der Waals surface area contributed by atoms with Crippen LogP contribution in [0.25, 0.3) is 0 Å².